The van der Waals surface area contributed by atoms with Gasteiger partial charge in [0, 0.05) is 12.3 Å². The first-order valence-electron chi connectivity index (χ1n) is 4.90. The largest absolute Gasteiger partial charge is 0.472 e. The van der Waals surface area contributed by atoms with E-state index in [1.807, 2.05) is 6.07 Å². The topological polar surface area (TPSA) is 30.2 Å². The maximum absolute atomic E-state index is 11.5. The van der Waals surface area contributed by atoms with Crippen LogP contribution in [0.4, 0.5) is 0 Å². The zero-order valence-electron chi connectivity index (χ0n) is 7.66. The van der Waals surface area contributed by atoms with Crippen molar-refractivity contribution in [1.82, 2.24) is 0 Å². The van der Waals surface area contributed by atoms with E-state index < -0.39 is 0 Å². The quantitative estimate of drug-likeness (QED) is 0.696. The van der Waals surface area contributed by atoms with Crippen LogP contribution in [0, 0.1) is 5.92 Å². The Labute approximate surface area is 77.9 Å². The van der Waals surface area contributed by atoms with Crippen LogP contribution < -0.4 is 0 Å². The molecule has 0 bridgehead atoms. The lowest BCUT2D eigenvalue weighted by Gasteiger charge is -2.19. The predicted molar refractivity (Wildman–Crippen MR) is 49.4 cm³/mol. The molecular weight excluding hydrogens is 164 g/mol. The van der Waals surface area contributed by atoms with E-state index in [1.165, 1.54) is 6.42 Å². The Kier molecular flexibility index (Phi) is 2.48. The molecule has 1 unspecified atom stereocenters. The molecule has 1 saturated carbocycles. The van der Waals surface area contributed by atoms with Gasteiger partial charge in [-0.3, -0.25) is 4.79 Å². The molecule has 2 nitrogen and oxygen atoms in total. The fraction of sp³-hybridized carbons (Fsp3) is 0.545. The van der Waals surface area contributed by atoms with E-state index in [2.05, 4.69) is 0 Å². The average Bonchev–Trinajstić information content (AvgIpc) is 2.61. The van der Waals surface area contributed by atoms with E-state index in [0.29, 0.717) is 5.78 Å². The molecule has 0 aromatic carbocycles. The van der Waals surface area contributed by atoms with E-state index in [-0.39, 0.29) is 5.92 Å². The highest BCUT2D eigenvalue weighted by Crippen LogP contribution is 2.24. The molecule has 0 spiro atoms. The Hall–Kier alpha value is -1.05. The van der Waals surface area contributed by atoms with Crippen molar-refractivity contribution < 1.29 is 9.21 Å². The summed E-state index contributed by atoms with van der Waals surface area (Å²) in [6.07, 6.45) is 8.40. The minimum absolute atomic E-state index is 0.256. The summed E-state index contributed by atoms with van der Waals surface area (Å²) < 4.78 is 4.98. The van der Waals surface area contributed by atoms with Gasteiger partial charge in [0.05, 0.1) is 12.5 Å². The van der Waals surface area contributed by atoms with Crippen LogP contribution >= 0.6 is 0 Å². The Morgan fingerprint density at radius 1 is 1.46 bits per heavy atom. The van der Waals surface area contributed by atoms with E-state index in [1.54, 1.807) is 12.5 Å². The average molecular weight is 178 g/mol. The second kappa shape index (κ2) is 3.77. The summed E-state index contributed by atoms with van der Waals surface area (Å²) in [6, 6.07) is 1.95. The molecule has 13 heavy (non-hydrogen) atoms. The molecule has 1 atom stereocenters. The number of hydrogen-bond donors (Lipinski definition) is 0. The number of hydrogen-bond acceptors (Lipinski definition) is 2. The first kappa shape index (κ1) is 8.54. The molecule has 0 saturated heterocycles. The van der Waals surface area contributed by atoms with E-state index >= 15 is 0 Å². The van der Waals surface area contributed by atoms with Gasteiger partial charge >= 0.3 is 0 Å². The van der Waals surface area contributed by atoms with E-state index in [4.69, 9.17) is 4.42 Å². The number of Topliss-reactive ketones (excluding diaryl/α,β-unsaturated/α-hetero) is 1. The summed E-state index contributed by atoms with van der Waals surface area (Å²) in [6.45, 7) is 0. The summed E-state index contributed by atoms with van der Waals surface area (Å²) in [4.78, 5) is 11.5. The lowest BCUT2D eigenvalue weighted by atomic mass is 9.84. The molecule has 0 radical (unpaired) electrons. The van der Waals surface area contributed by atoms with Crippen molar-refractivity contribution in [2.45, 2.75) is 32.1 Å². The maximum Gasteiger partial charge on any atom is 0.136 e. The second-order valence-electron chi connectivity index (χ2n) is 3.74. The summed E-state index contributed by atoms with van der Waals surface area (Å²) >= 11 is 0. The zero-order chi connectivity index (χ0) is 9.10. The highest BCUT2D eigenvalue weighted by Gasteiger charge is 2.22. The monoisotopic (exact) mass is 178 g/mol. The first-order chi connectivity index (χ1) is 6.36. The van der Waals surface area contributed by atoms with Crippen LogP contribution in [0.2, 0.25) is 0 Å². The fourth-order valence-electron chi connectivity index (χ4n) is 1.96. The van der Waals surface area contributed by atoms with Crippen molar-refractivity contribution in [3.8, 4) is 0 Å². The summed E-state index contributed by atoms with van der Waals surface area (Å²) in [5.41, 5.74) is 1.15. The Bertz CT molecular complexity index is 274. The van der Waals surface area contributed by atoms with Crippen molar-refractivity contribution in [2.24, 2.45) is 5.92 Å². The molecule has 1 aromatic heterocycles. The van der Waals surface area contributed by atoms with Gasteiger partial charge in [-0.15, -0.1) is 0 Å². The van der Waals surface area contributed by atoms with Gasteiger partial charge in [0.2, 0.25) is 0 Å². The Morgan fingerprint density at radius 2 is 2.38 bits per heavy atom. The molecule has 0 N–H and O–H groups in total. The van der Waals surface area contributed by atoms with Gasteiger partial charge < -0.3 is 4.42 Å². The molecule has 2 heteroatoms. The molecular formula is C11H14O2. The van der Waals surface area contributed by atoms with Crippen LogP contribution in [-0.4, -0.2) is 5.78 Å². The smallest absolute Gasteiger partial charge is 0.136 e. The van der Waals surface area contributed by atoms with Crippen molar-refractivity contribution in [3.05, 3.63) is 24.2 Å². The van der Waals surface area contributed by atoms with Gasteiger partial charge in [0.25, 0.3) is 0 Å². The lowest BCUT2D eigenvalue weighted by Crippen LogP contribution is -2.20. The van der Waals surface area contributed by atoms with Gasteiger partial charge in [0.1, 0.15) is 5.78 Å². The normalized spacial score (nSPS) is 23.4. The Balaban J connectivity index is 1.97. The summed E-state index contributed by atoms with van der Waals surface area (Å²) in [5, 5.41) is 0. The number of rotatable bonds is 2. The highest BCUT2D eigenvalue weighted by molar-refractivity contribution is 5.81. The molecule has 1 fully saturated rings. The first-order valence-corrected chi connectivity index (χ1v) is 4.90. The van der Waals surface area contributed by atoms with Crippen LogP contribution in [0.25, 0.3) is 0 Å². The van der Waals surface area contributed by atoms with Crippen LogP contribution in [0.15, 0.2) is 23.0 Å². The molecule has 1 aliphatic rings. The molecule has 1 aromatic rings. The number of carbonyl (C=O) groups excluding carboxylic acids is 1. The lowest BCUT2D eigenvalue weighted by molar-refractivity contribution is -0.124. The minimum atomic E-state index is 0.256. The summed E-state index contributed by atoms with van der Waals surface area (Å²) in [5.74, 6) is 0.693. The van der Waals surface area contributed by atoms with Gasteiger partial charge in [-0.25, -0.2) is 0 Å². The number of carbonyl (C=O) groups is 1. The molecule has 70 valence electrons. The molecule has 0 amide bonds. The third-order valence-electron chi connectivity index (χ3n) is 2.74. The predicted octanol–water partition coefficient (Wildman–Crippen LogP) is 2.58. The van der Waals surface area contributed by atoms with Gasteiger partial charge in [-0.05, 0) is 30.9 Å². The van der Waals surface area contributed by atoms with Crippen LogP contribution in [0.5, 0.6) is 0 Å². The third kappa shape index (κ3) is 2.00. The number of ketones is 1. The molecule has 1 aliphatic carbocycles. The van der Waals surface area contributed by atoms with Gasteiger partial charge in [0.15, 0.2) is 0 Å². The molecule has 0 aliphatic heterocycles. The van der Waals surface area contributed by atoms with Crippen molar-refractivity contribution in [3.63, 3.8) is 0 Å². The van der Waals surface area contributed by atoms with E-state index in [9.17, 15) is 4.79 Å². The third-order valence-corrected chi connectivity index (χ3v) is 2.74. The van der Waals surface area contributed by atoms with E-state index in [0.717, 1.165) is 31.2 Å². The molecule has 2 rings (SSSR count). The van der Waals surface area contributed by atoms with Crippen molar-refractivity contribution in [1.29, 1.82) is 0 Å². The Morgan fingerprint density at radius 3 is 3.08 bits per heavy atom. The van der Waals surface area contributed by atoms with Crippen LogP contribution in [0.1, 0.15) is 31.2 Å². The number of furan rings is 1. The van der Waals surface area contributed by atoms with Crippen LogP contribution in [-0.2, 0) is 11.2 Å². The van der Waals surface area contributed by atoms with Crippen LogP contribution in [0.3, 0.4) is 0 Å². The minimum Gasteiger partial charge on any atom is -0.472 e. The van der Waals surface area contributed by atoms with Gasteiger partial charge in [-0.1, -0.05) is 6.42 Å². The van der Waals surface area contributed by atoms with Crippen molar-refractivity contribution >= 4 is 5.78 Å². The maximum atomic E-state index is 11.5. The second-order valence-corrected chi connectivity index (χ2v) is 3.74. The standard InChI is InChI=1S/C11H14O2/c12-11-4-2-1-3-10(11)7-9-5-6-13-8-9/h5-6,8,10H,1-4,7H2. The highest BCUT2D eigenvalue weighted by atomic mass is 16.3. The SMILES string of the molecule is O=C1CCCCC1Cc1ccoc1. The summed E-state index contributed by atoms with van der Waals surface area (Å²) in [7, 11) is 0. The molecule has 1 heterocycles. The zero-order valence-corrected chi connectivity index (χ0v) is 7.66. The van der Waals surface area contributed by atoms with Crippen molar-refractivity contribution in [2.75, 3.05) is 0 Å². The fourth-order valence-corrected chi connectivity index (χ4v) is 1.96. The van der Waals surface area contributed by atoms with Gasteiger partial charge in [-0.2, -0.15) is 0 Å².